The lowest BCUT2D eigenvalue weighted by molar-refractivity contribution is 0.121. The minimum absolute atomic E-state index is 0.815. The summed E-state index contributed by atoms with van der Waals surface area (Å²) in [4.78, 5) is 6.83. The van der Waals surface area contributed by atoms with Gasteiger partial charge in [0.1, 0.15) is 0 Å². The van der Waals surface area contributed by atoms with E-state index >= 15 is 0 Å². The molecule has 1 aliphatic heterocycles. The van der Waals surface area contributed by atoms with Crippen LogP contribution in [0.15, 0.2) is 6.20 Å². The SMILES string of the molecule is CCn1cc(C)nc1N1CCOCC1. The highest BCUT2D eigenvalue weighted by molar-refractivity contribution is 5.33. The van der Waals surface area contributed by atoms with E-state index in [-0.39, 0.29) is 0 Å². The molecule has 0 spiro atoms. The summed E-state index contributed by atoms with van der Waals surface area (Å²) >= 11 is 0. The predicted molar refractivity (Wildman–Crippen MR) is 55.7 cm³/mol. The van der Waals surface area contributed by atoms with Crippen LogP contribution < -0.4 is 4.90 Å². The van der Waals surface area contributed by atoms with Crippen molar-refractivity contribution in [1.82, 2.24) is 9.55 Å². The molecule has 4 nitrogen and oxygen atoms in total. The fourth-order valence-electron chi connectivity index (χ4n) is 1.78. The lowest BCUT2D eigenvalue weighted by Crippen LogP contribution is -2.37. The second-order valence-corrected chi connectivity index (χ2v) is 3.57. The zero-order chi connectivity index (χ0) is 9.97. The van der Waals surface area contributed by atoms with Gasteiger partial charge in [0.05, 0.1) is 18.9 Å². The molecule has 1 saturated heterocycles. The first kappa shape index (κ1) is 9.52. The lowest BCUT2D eigenvalue weighted by Gasteiger charge is -2.27. The number of anilines is 1. The van der Waals surface area contributed by atoms with E-state index in [1.165, 1.54) is 0 Å². The third-order valence-corrected chi connectivity index (χ3v) is 2.51. The van der Waals surface area contributed by atoms with Gasteiger partial charge >= 0.3 is 0 Å². The van der Waals surface area contributed by atoms with Gasteiger partial charge in [-0.25, -0.2) is 4.98 Å². The second kappa shape index (κ2) is 4.00. The van der Waals surface area contributed by atoms with Gasteiger partial charge in [-0.2, -0.15) is 0 Å². The van der Waals surface area contributed by atoms with Crippen LogP contribution in [-0.2, 0) is 11.3 Å². The Kier molecular flexibility index (Phi) is 2.72. The molecule has 1 fully saturated rings. The molecule has 2 rings (SSSR count). The minimum Gasteiger partial charge on any atom is -0.378 e. The molecule has 14 heavy (non-hydrogen) atoms. The van der Waals surface area contributed by atoms with Crippen LogP contribution in [0.1, 0.15) is 12.6 Å². The van der Waals surface area contributed by atoms with Crippen LogP contribution in [0.25, 0.3) is 0 Å². The smallest absolute Gasteiger partial charge is 0.205 e. The average Bonchev–Trinajstić information content (AvgIpc) is 2.61. The van der Waals surface area contributed by atoms with E-state index in [4.69, 9.17) is 4.74 Å². The highest BCUT2D eigenvalue weighted by atomic mass is 16.5. The van der Waals surface area contributed by atoms with E-state index in [1.54, 1.807) is 0 Å². The number of aryl methyl sites for hydroxylation is 2. The molecular weight excluding hydrogens is 178 g/mol. The molecule has 0 saturated carbocycles. The first-order valence-corrected chi connectivity index (χ1v) is 5.17. The first-order valence-electron chi connectivity index (χ1n) is 5.17. The molecule has 0 bridgehead atoms. The van der Waals surface area contributed by atoms with E-state index in [9.17, 15) is 0 Å². The van der Waals surface area contributed by atoms with E-state index in [1.807, 2.05) is 6.92 Å². The number of hydrogen-bond donors (Lipinski definition) is 0. The standard InChI is InChI=1S/C10H17N3O/c1-3-12-8-9(2)11-10(12)13-4-6-14-7-5-13/h8H,3-7H2,1-2H3. The molecule has 78 valence electrons. The van der Waals surface area contributed by atoms with Crippen molar-refractivity contribution >= 4 is 5.95 Å². The Morgan fingerprint density at radius 3 is 2.79 bits per heavy atom. The van der Waals surface area contributed by atoms with Crippen molar-refractivity contribution in [2.24, 2.45) is 0 Å². The van der Waals surface area contributed by atoms with Gasteiger partial charge in [-0.15, -0.1) is 0 Å². The predicted octanol–water partition coefficient (Wildman–Crippen LogP) is 1.05. The molecule has 1 aromatic rings. The van der Waals surface area contributed by atoms with Crippen LogP contribution in [0, 0.1) is 6.92 Å². The van der Waals surface area contributed by atoms with Gasteiger partial charge in [0.2, 0.25) is 5.95 Å². The van der Waals surface area contributed by atoms with E-state index in [2.05, 4.69) is 27.6 Å². The number of imidazole rings is 1. The van der Waals surface area contributed by atoms with Gasteiger partial charge in [0.25, 0.3) is 0 Å². The molecule has 4 heteroatoms. The van der Waals surface area contributed by atoms with Crippen LogP contribution >= 0.6 is 0 Å². The first-order chi connectivity index (χ1) is 6.81. The summed E-state index contributed by atoms with van der Waals surface area (Å²) in [6.45, 7) is 8.70. The lowest BCUT2D eigenvalue weighted by atomic mass is 10.4. The minimum atomic E-state index is 0.815. The zero-order valence-electron chi connectivity index (χ0n) is 8.86. The third-order valence-electron chi connectivity index (χ3n) is 2.51. The van der Waals surface area contributed by atoms with Crippen LogP contribution in [0.4, 0.5) is 5.95 Å². The summed E-state index contributed by atoms with van der Waals surface area (Å²) in [6.07, 6.45) is 2.10. The van der Waals surface area contributed by atoms with Crippen molar-refractivity contribution in [2.75, 3.05) is 31.2 Å². The molecule has 0 aromatic carbocycles. The number of rotatable bonds is 2. The maximum absolute atomic E-state index is 5.32. The van der Waals surface area contributed by atoms with Gasteiger partial charge in [-0.1, -0.05) is 0 Å². The highest BCUT2D eigenvalue weighted by Gasteiger charge is 2.16. The van der Waals surface area contributed by atoms with Crippen LogP contribution in [0.3, 0.4) is 0 Å². The van der Waals surface area contributed by atoms with Crippen LogP contribution in [0.5, 0.6) is 0 Å². The van der Waals surface area contributed by atoms with Crippen LogP contribution in [0.2, 0.25) is 0 Å². The molecule has 2 heterocycles. The Morgan fingerprint density at radius 2 is 2.14 bits per heavy atom. The Labute approximate surface area is 84.5 Å². The highest BCUT2D eigenvalue weighted by Crippen LogP contribution is 2.15. The number of hydrogen-bond acceptors (Lipinski definition) is 3. The molecule has 0 radical (unpaired) electrons. The normalized spacial score (nSPS) is 17.4. The fraction of sp³-hybridized carbons (Fsp3) is 0.700. The second-order valence-electron chi connectivity index (χ2n) is 3.57. The number of nitrogens with zero attached hydrogens (tertiary/aromatic N) is 3. The zero-order valence-corrected chi connectivity index (χ0v) is 8.86. The molecule has 0 amide bonds. The third kappa shape index (κ3) is 1.75. The van der Waals surface area contributed by atoms with Gasteiger partial charge in [0.15, 0.2) is 0 Å². The Hall–Kier alpha value is -1.03. The molecule has 1 aromatic heterocycles. The summed E-state index contributed by atoms with van der Waals surface area (Å²) in [5.74, 6) is 1.09. The number of ether oxygens (including phenoxy) is 1. The van der Waals surface area contributed by atoms with Crippen molar-refractivity contribution in [3.05, 3.63) is 11.9 Å². The molecule has 0 aliphatic carbocycles. The Bertz CT molecular complexity index is 302. The maximum Gasteiger partial charge on any atom is 0.205 e. The van der Waals surface area contributed by atoms with Gasteiger partial charge in [-0.3, -0.25) is 0 Å². The quantitative estimate of drug-likeness (QED) is 0.706. The monoisotopic (exact) mass is 195 g/mol. The van der Waals surface area contributed by atoms with E-state index < -0.39 is 0 Å². The number of morpholine rings is 1. The molecule has 0 N–H and O–H groups in total. The van der Waals surface area contributed by atoms with Gasteiger partial charge < -0.3 is 14.2 Å². The average molecular weight is 195 g/mol. The molecular formula is C10H17N3O. The van der Waals surface area contributed by atoms with Crippen molar-refractivity contribution in [1.29, 1.82) is 0 Å². The Balaban J connectivity index is 2.20. The van der Waals surface area contributed by atoms with E-state index in [0.717, 1.165) is 44.5 Å². The van der Waals surface area contributed by atoms with E-state index in [0.29, 0.717) is 0 Å². The largest absolute Gasteiger partial charge is 0.378 e. The summed E-state index contributed by atoms with van der Waals surface area (Å²) in [7, 11) is 0. The maximum atomic E-state index is 5.32. The van der Waals surface area contributed by atoms with Gasteiger partial charge in [-0.05, 0) is 13.8 Å². The molecule has 0 unspecified atom stereocenters. The van der Waals surface area contributed by atoms with Crippen molar-refractivity contribution < 1.29 is 4.74 Å². The van der Waals surface area contributed by atoms with Gasteiger partial charge in [0, 0.05) is 25.8 Å². The summed E-state index contributed by atoms with van der Waals surface area (Å²) in [5, 5.41) is 0. The fourth-order valence-corrected chi connectivity index (χ4v) is 1.78. The Morgan fingerprint density at radius 1 is 1.43 bits per heavy atom. The van der Waals surface area contributed by atoms with Crippen LogP contribution in [-0.4, -0.2) is 35.9 Å². The summed E-state index contributed by atoms with van der Waals surface area (Å²) in [6, 6.07) is 0. The van der Waals surface area contributed by atoms with Crippen molar-refractivity contribution in [2.45, 2.75) is 20.4 Å². The van der Waals surface area contributed by atoms with Crippen molar-refractivity contribution in [3.63, 3.8) is 0 Å². The molecule has 0 atom stereocenters. The van der Waals surface area contributed by atoms with Crippen molar-refractivity contribution in [3.8, 4) is 0 Å². The topological polar surface area (TPSA) is 30.3 Å². The summed E-state index contributed by atoms with van der Waals surface area (Å²) < 4.78 is 7.52. The molecule has 1 aliphatic rings. The summed E-state index contributed by atoms with van der Waals surface area (Å²) in [5.41, 5.74) is 1.09. The number of aromatic nitrogens is 2.